The van der Waals surface area contributed by atoms with Gasteiger partial charge in [-0.1, -0.05) is 36.4 Å². The Hall–Kier alpha value is -4.53. The fourth-order valence-corrected chi connectivity index (χ4v) is 5.10. The van der Waals surface area contributed by atoms with Crippen molar-refractivity contribution >= 4 is 40.0 Å². The molecular weight excluding hydrogens is 480 g/mol. The third-order valence-corrected chi connectivity index (χ3v) is 6.96. The lowest BCUT2D eigenvalue weighted by atomic mass is 9.89. The zero-order valence-corrected chi connectivity index (χ0v) is 21.4. The lowest BCUT2D eigenvalue weighted by Crippen LogP contribution is -2.44. The molecule has 0 atom stereocenters. The van der Waals surface area contributed by atoms with Gasteiger partial charge in [0, 0.05) is 54.9 Å². The molecule has 3 aromatic carbocycles. The summed E-state index contributed by atoms with van der Waals surface area (Å²) < 4.78 is 0. The van der Waals surface area contributed by atoms with E-state index in [1.54, 1.807) is 17.0 Å². The third-order valence-electron chi connectivity index (χ3n) is 6.96. The Labute approximate surface area is 221 Å². The van der Waals surface area contributed by atoms with Gasteiger partial charge in [0.1, 0.15) is 5.82 Å². The van der Waals surface area contributed by atoms with Crippen LogP contribution in [0.5, 0.6) is 0 Å². The van der Waals surface area contributed by atoms with E-state index in [0.29, 0.717) is 11.5 Å². The van der Waals surface area contributed by atoms with Gasteiger partial charge >= 0.3 is 0 Å². The Kier molecular flexibility index (Phi) is 7.17. The maximum atomic E-state index is 13.7. The number of fused-ring (bicyclic) bond motifs is 1. The number of anilines is 3. The maximum Gasteiger partial charge on any atom is 0.270 e. The number of aromatic nitrogens is 2. The van der Waals surface area contributed by atoms with Crippen molar-refractivity contribution < 1.29 is 9.72 Å². The van der Waals surface area contributed by atoms with Crippen molar-refractivity contribution in [3.8, 4) is 0 Å². The Morgan fingerprint density at radius 2 is 1.63 bits per heavy atom. The van der Waals surface area contributed by atoms with Gasteiger partial charge in [-0.2, -0.15) is 4.98 Å². The van der Waals surface area contributed by atoms with Crippen molar-refractivity contribution in [2.75, 3.05) is 29.2 Å². The minimum atomic E-state index is -0.475. The first-order valence-electron chi connectivity index (χ1n) is 12.7. The molecular formula is C29H30N6O3. The Balaban J connectivity index is 1.35. The average Bonchev–Trinajstić information content (AvgIpc) is 2.94. The molecule has 0 aliphatic heterocycles. The molecule has 1 aliphatic carbocycles. The van der Waals surface area contributed by atoms with Crippen LogP contribution in [0.15, 0.2) is 78.9 Å². The van der Waals surface area contributed by atoms with Crippen LogP contribution in [-0.2, 0) is 0 Å². The quantitative estimate of drug-likeness (QED) is 0.252. The molecule has 9 heteroatoms. The monoisotopic (exact) mass is 510 g/mol. The second-order valence-electron chi connectivity index (χ2n) is 9.75. The highest BCUT2D eigenvalue weighted by atomic mass is 16.6. The summed E-state index contributed by atoms with van der Waals surface area (Å²) in [5.74, 6) is 1.23. The number of nitro groups is 1. The number of hydrogen-bond acceptors (Lipinski definition) is 7. The van der Waals surface area contributed by atoms with E-state index < -0.39 is 4.92 Å². The van der Waals surface area contributed by atoms with Crippen LogP contribution in [0.2, 0.25) is 0 Å². The SMILES string of the molecule is CN(C)c1nc(NC2CCC(N(C(=O)c3cccc([N+](=O)[O-])c3)c3ccccc3)CC2)nc2ccccc12. The van der Waals surface area contributed by atoms with Crippen LogP contribution in [0.4, 0.5) is 23.1 Å². The summed E-state index contributed by atoms with van der Waals surface area (Å²) in [5.41, 5.74) is 1.89. The molecule has 1 heterocycles. The van der Waals surface area contributed by atoms with Crippen molar-refractivity contribution in [2.45, 2.75) is 37.8 Å². The number of benzene rings is 3. The van der Waals surface area contributed by atoms with Crippen molar-refractivity contribution in [3.63, 3.8) is 0 Å². The van der Waals surface area contributed by atoms with Gasteiger partial charge in [-0.25, -0.2) is 4.98 Å². The molecule has 1 aliphatic rings. The van der Waals surface area contributed by atoms with Crippen molar-refractivity contribution in [1.29, 1.82) is 0 Å². The second-order valence-corrected chi connectivity index (χ2v) is 9.75. The summed E-state index contributed by atoms with van der Waals surface area (Å²) in [7, 11) is 3.95. The van der Waals surface area contributed by atoms with Crippen molar-refractivity contribution in [2.24, 2.45) is 0 Å². The molecule has 1 amide bonds. The predicted molar refractivity (Wildman–Crippen MR) is 150 cm³/mol. The minimum Gasteiger partial charge on any atom is -0.362 e. The molecule has 1 aromatic heterocycles. The smallest absolute Gasteiger partial charge is 0.270 e. The van der Waals surface area contributed by atoms with Gasteiger partial charge in [-0.3, -0.25) is 14.9 Å². The standard InChI is InChI=1S/C29H30N6O3/c1-33(2)27-25-13-6-7-14-26(25)31-29(32-27)30-21-15-17-23(18-16-21)34(22-10-4-3-5-11-22)28(36)20-9-8-12-24(19-20)35(37)38/h3-14,19,21,23H,15-18H2,1-2H3,(H,30,31,32). The van der Waals surface area contributed by atoms with E-state index in [-0.39, 0.29) is 23.7 Å². The fourth-order valence-electron chi connectivity index (χ4n) is 5.10. The number of carbonyl (C=O) groups excluding carboxylic acids is 1. The summed E-state index contributed by atoms with van der Waals surface area (Å²) in [4.78, 5) is 37.8. The molecule has 0 bridgehead atoms. The lowest BCUT2D eigenvalue weighted by molar-refractivity contribution is -0.384. The van der Waals surface area contributed by atoms with Crippen LogP contribution < -0.4 is 15.1 Å². The van der Waals surface area contributed by atoms with Gasteiger partial charge < -0.3 is 15.1 Å². The van der Waals surface area contributed by atoms with Gasteiger partial charge in [0.2, 0.25) is 5.95 Å². The average molecular weight is 511 g/mol. The molecule has 1 N–H and O–H groups in total. The van der Waals surface area contributed by atoms with Gasteiger partial charge in [-0.15, -0.1) is 0 Å². The number of carbonyl (C=O) groups is 1. The van der Waals surface area contributed by atoms with Crippen LogP contribution in [0, 0.1) is 10.1 Å². The summed E-state index contributed by atoms with van der Waals surface area (Å²) in [6.07, 6.45) is 3.23. The molecule has 5 rings (SSSR count). The summed E-state index contributed by atoms with van der Waals surface area (Å²) in [5, 5.41) is 15.8. The lowest BCUT2D eigenvalue weighted by Gasteiger charge is -2.37. The first kappa shape index (κ1) is 25.1. The molecule has 0 saturated heterocycles. The number of nitro benzene ring substituents is 1. The van der Waals surface area contributed by atoms with Crippen LogP contribution >= 0.6 is 0 Å². The Bertz CT molecular complexity index is 1450. The topological polar surface area (TPSA) is 105 Å². The van der Waals surface area contributed by atoms with E-state index in [0.717, 1.165) is 48.1 Å². The number of non-ortho nitro benzene ring substituents is 1. The van der Waals surface area contributed by atoms with Gasteiger partial charge in [-0.05, 0) is 56.0 Å². The molecule has 38 heavy (non-hydrogen) atoms. The molecule has 1 fully saturated rings. The molecule has 0 spiro atoms. The van der Waals surface area contributed by atoms with Gasteiger partial charge in [0.25, 0.3) is 11.6 Å². The minimum absolute atomic E-state index is 0.0305. The molecule has 194 valence electrons. The van der Waals surface area contributed by atoms with Crippen molar-refractivity contribution in [1.82, 2.24) is 9.97 Å². The Morgan fingerprint density at radius 3 is 2.34 bits per heavy atom. The Morgan fingerprint density at radius 1 is 0.921 bits per heavy atom. The van der Waals surface area contributed by atoms with E-state index in [1.807, 2.05) is 73.6 Å². The van der Waals surface area contributed by atoms with E-state index in [9.17, 15) is 14.9 Å². The van der Waals surface area contributed by atoms with E-state index in [2.05, 4.69) is 5.32 Å². The molecule has 1 saturated carbocycles. The van der Waals surface area contributed by atoms with Crippen LogP contribution in [0.25, 0.3) is 10.9 Å². The number of hydrogen-bond donors (Lipinski definition) is 1. The highest BCUT2D eigenvalue weighted by Crippen LogP contribution is 2.31. The first-order chi connectivity index (χ1) is 18.4. The first-order valence-corrected chi connectivity index (χ1v) is 12.7. The second kappa shape index (κ2) is 10.8. The molecule has 4 aromatic rings. The van der Waals surface area contributed by atoms with Crippen molar-refractivity contribution in [3.05, 3.63) is 94.5 Å². The van der Waals surface area contributed by atoms with Gasteiger partial charge in [0.15, 0.2) is 0 Å². The molecule has 0 radical (unpaired) electrons. The van der Waals surface area contributed by atoms with E-state index >= 15 is 0 Å². The third kappa shape index (κ3) is 5.27. The number of amides is 1. The van der Waals surface area contributed by atoms with Crippen LogP contribution in [0.1, 0.15) is 36.0 Å². The fraction of sp³-hybridized carbons (Fsp3) is 0.276. The van der Waals surface area contributed by atoms with E-state index in [4.69, 9.17) is 9.97 Å². The normalized spacial score (nSPS) is 17.1. The number of para-hydroxylation sites is 2. The van der Waals surface area contributed by atoms with Crippen LogP contribution in [0.3, 0.4) is 0 Å². The highest BCUT2D eigenvalue weighted by molar-refractivity contribution is 6.06. The maximum absolute atomic E-state index is 13.7. The number of nitrogens with one attached hydrogen (secondary N) is 1. The summed E-state index contributed by atoms with van der Waals surface area (Å²) in [6, 6.07) is 23.6. The number of nitrogens with zero attached hydrogens (tertiary/aromatic N) is 5. The van der Waals surface area contributed by atoms with E-state index in [1.165, 1.54) is 12.1 Å². The predicted octanol–water partition coefficient (Wildman–Crippen LogP) is 5.67. The zero-order chi connectivity index (χ0) is 26.6. The largest absolute Gasteiger partial charge is 0.362 e. The molecule has 0 unspecified atom stereocenters. The highest BCUT2D eigenvalue weighted by Gasteiger charge is 2.31. The summed E-state index contributed by atoms with van der Waals surface area (Å²) >= 11 is 0. The van der Waals surface area contributed by atoms with Crippen LogP contribution in [-0.4, -0.2) is 47.0 Å². The summed E-state index contributed by atoms with van der Waals surface area (Å²) in [6.45, 7) is 0. The number of rotatable bonds is 7. The molecule has 9 nitrogen and oxygen atoms in total. The van der Waals surface area contributed by atoms with Gasteiger partial charge in [0.05, 0.1) is 10.4 Å². The zero-order valence-electron chi connectivity index (χ0n) is 21.4.